The van der Waals surface area contributed by atoms with Crippen molar-refractivity contribution in [3.8, 4) is 0 Å². The first kappa shape index (κ1) is 16.4. The maximum Gasteiger partial charge on any atom is 0.220 e. The third-order valence-corrected chi connectivity index (χ3v) is 5.17. The van der Waals surface area contributed by atoms with E-state index in [-0.39, 0.29) is 18.2 Å². The molecule has 1 N–H and O–H groups in total. The van der Waals surface area contributed by atoms with Crippen LogP contribution in [0.4, 0.5) is 0 Å². The van der Waals surface area contributed by atoms with Crippen LogP contribution in [-0.2, 0) is 14.8 Å². The van der Waals surface area contributed by atoms with E-state index in [0.717, 1.165) is 25.9 Å². The summed E-state index contributed by atoms with van der Waals surface area (Å²) in [5.74, 6) is -0.0652. The molecule has 1 heterocycles. The van der Waals surface area contributed by atoms with Crippen LogP contribution in [0.15, 0.2) is 0 Å². The first-order chi connectivity index (χ1) is 8.95. The van der Waals surface area contributed by atoms with Crippen LogP contribution in [0.5, 0.6) is 0 Å². The highest BCUT2D eigenvalue weighted by molar-refractivity contribution is 7.89. The van der Waals surface area contributed by atoms with Gasteiger partial charge in [0.2, 0.25) is 15.9 Å². The first-order valence-electron chi connectivity index (χ1n) is 6.89. The summed E-state index contributed by atoms with van der Waals surface area (Å²) in [6.45, 7) is 4.84. The molecular formula is C12H25N3O3S. The van der Waals surface area contributed by atoms with Crippen molar-refractivity contribution in [3.05, 3.63) is 0 Å². The van der Waals surface area contributed by atoms with Gasteiger partial charge in [0.15, 0.2) is 0 Å². The van der Waals surface area contributed by atoms with Gasteiger partial charge in [0.1, 0.15) is 0 Å². The molecule has 0 bridgehead atoms. The lowest BCUT2D eigenvalue weighted by Crippen LogP contribution is -2.48. The van der Waals surface area contributed by atoms with Crippen molar-refractivity contribution >= 4 is 15.9 Å². The highest BCUT2D eigenvalue weighted by Gasteiger charge is 2.25. The van der Waals surface area contributed by atoms with Crippen molar-refractivity contribution in [2.45, 2.75) is 26.2 Å². The first-order valence-corrected chi connectivity index (χ1v) is 8.49. The zero-order valence-corrected chi connectivity index (χ0v) is 12.7. The number of amides is 1. The lowest BCUT2D eigenvalue weighted by atomic mass is 10.2. The minimum absolute atomic E-state index is 0.00538. The van der Waals surface area contributed by atoms with E-state index >= 15 is 0 Å². The number of sulfonamides is 1. The molecule has 0 atom stereocenters. The van der Waals surface area contributed by atoms with Crippen LogP contribution in [0, 0.1) is 0 Å². The van der Waals surface area contributed by atoms with Gasteiger partial charge in [-0.3, -0.25) is 4.79 Å². The second kappa shape index (κ2) is 7.81. The van der Waals surface area contributed by atoms with E-state index in [1.807, 2.05) is 14.0 Å². The Balaban J connectivity index is 2.29. The molecule has 1 amide bonds. The minimum atomic E-state index is -3.23. The van der Waals surface area contributed by atoms with Gasteiger partial charge in [-0.15, -0.1) is 0 Å². The summed E-state index contributed by atoms with van der Waals surface area (Å²) in [5.41, 5.74) is 0. The SMILES string of the molecule is CCCCC(=O)NCCS(=O)(=O)N1CCN(C)CC1. The van der Waals surface area contributed by atoms with Crippen LogP contribution >= 0.6 is 0 Å². The number of likely N-dealkylation sites (N-methyl/N-ethyl adjacent to an activating group) is 1. The molecule has 1 saturated heterocycles. The van der Waals surface area contributed by atoms with E-state index in [9.17, 15) is 13.2 Å². The van der Waals surface area contributed by atoms with Crippen LogP contribution in [0.3, 0.4) is 0 Å². The molecular weight excluding hydrogens is 266 g/mol. The van der Waals surface area contributed by atoms with Crippen molar-refractivity contribution in [2.24, 2.45) is 0 Å². The summed E-state index contributed by atoms with van der Waals surface area (Å²) in [6.07, 6.45) is 2.29. The molecule has 0 radical (unpaired) electrons. The molecule has 112 valence electrons. The van der Waals surface area contributed by atoms with E-state index in [1.54, 1.807) is 0 Å². The summed E-state index contributed by atoms with van der Waals surface area (Å²) in [7, 11) is -1.25. The molecule has 0 spiro atoms. The van der Waals surface area contributed by atoms with Crippen LogP contribution < -0.4 is 5.32 Å². The molecule has 1 aliphatic heterocycles. The smallest absolute Gasteiger partial charge is 0.220 e. The number of piperazine rings is 1. The number of nitrogens with one attached hydrogen (secondary N) is 1. The molecule has 0 aromatic heterocycles. The average Bonchev–Trinajstić information content (AvgIpc) is 2.36. The molecule has 0 saturated carbocycles. The monoisotopic (exact) mass is 291 g/mol. The second-order valence-electron chi connectivity index (χ2n) is 4.97. The average molecular weight is 291 g/mol. The normalized spacial score (nSPS) is 18.4. The van der Waals surface area contributed by atoms with Gasteiger partial charge in [0.05, 0.1) is 5.75 Å². The Morgan fingerprint density at radius 1 is 1.21 bits per heavy atom. The lowest BCUT2D eigenvalue weighted by Gasteiger charge is -2.31. The fourth-order valence-corrected chi connectivity index (χ4v) is 3.28. The number of rotatable bonds is 7. The summed E-state index contributed by atoms with van der Waals surface area (Å²) in [4.78, 5) is 13.5. The largest absolute Gasteiger partial charge is 0.355 e. The molecule has 0 unspecified atom stereocenters. The minimum Gasteiger partial charge on any atom is -0.355 e. The van der Waals surface area contributed by atoms with Gasteiger partial charge in [0.25, 0.3) is 0 Å². The third-order valence-electron chi connectivity index (χ3n) is 3.30. The predicted molar refractivity (Wildman–Crippen MR) is 75.4 cm³/mol. The zero-order chi connectivity index (χ0) is 14.3. The molecule has 19 heavy (non-hydrogen) atoms. The molecule has 7 heteroatoms. The van der Waals surface area contributed by atoms with Crippen molar-refractivity contribution in [1.29, 1.82) is 0 Å². The van der Waals surface area contributed by atoms with Gasteiger partial charge >= 0.3 is 0 Å². The highest BCUT2D eigenvalue weighted by atomic mass is 32.2. The van der Waals surface area contributed by atoms with Crippen LogP contribution in [-0.4, -0.2) is 69.1 Å². The Kier molecular flexibility index (Phi) is 6.74. The van der Waals surface area contributed by atoms with Crippen molar-refractivity contribution in [1.82, 2.24) is 14.5 Å². The van der Waals surface area contributed by atoms with Crippen molar-refractivity contribution < 1.29 is 13.2 Å². The van der Waals surface area contributed by atoms with Gasteiger partial charge < -0.3 is 10.2 Å². The molecule has 0 aliphatic carbocycles. The summed E-state index contributed by atoms with van der Waals surface area (Å²) < 4.78 is 25.6. The molecule has 1 aliphatic rings. The molecule has 6 nitrogen and oxygen atoms in total. The highest BCUT2D eigenvalue weighted by Crippen LogP contribution is 2.06. The Labute approximate surface area is 116 Å². The maximum atomic E-state index is 12.0. The van der Waals surface area contributed by atoms with E-state index in [0.29, 0.717) is 19.5 Å². The standard InChI is InChI=1S/C12H25N3O3S/c1-3-4-5-12(16)13-6-11-19(17,18)15-9-7-14(2)8-10-15/h3-11H2,1-2H3,(H,13,16). The second-order valence-corrected chi connectivity index (χ2v) is 7.06. The molecule has 0 aromatic rings. The van der Waals surface area contributed by atoms with Crippen molar-refractivity contribution in [2.75, 3.05) is 45.5 Å². The molecule has 1 fully saturated rings. The number of hydrogen-bond acceptors (Lipinski definition) is 4. The van der Waals surface area contributed by atoms with Crippen LogP contribution in [0.1, 0.15) is 26.2 Å². The Morgan fingerprint density at radius 2 is 1.84 bits per heavy atom. The fourth-order valence-electron chi connectivity index (χ4n) is 1.94. The lowest BCUT2D eigenvalue weighted by molar-refractivity contribution is -0.121. The third kappa shape index (κ3) is 5.88. The zero-order valence-electron chi connectivity index (χ0n) is 11.9. The quantitative estimate of drug-likeness (QED) is 0.709. The summed E-state index contributed by atoms with van der Waals surface area (Å²) in [5, 5.41) is 2.67. The van der Waals surface area contributed by atoms with E-state index in [4.69, 9.17) is 0 Å². The summed E-state index contributed by atoms with van der Waals surface area (Å²) in [6, 6.07) is 0. The van der Waals surface area contributed by atoms with E-state index in [1.165, 1.54) is 4.31 Å². The molecule has 0 aromatic carbocycles. The fraction of sp³-hybridized carbons (Fsp3) is 0.917. The number of hydrogen-bond donors (Lipinski definition) is 1. The van der Waals surface area contributed by atoms with E-state index < -0.39 is 10.0 Å². The Bertz CT molecular complexity index is 376. The Hall–Kier alpha value is -0.660. The van der Waals surface area contributed by atoms with Crippen molar-refractivity contribution in [3.63, 3.8) is 0 Å². The van der Waals surface area contributed by atoms with Crippen LogP contribution in [0.25, 0.3) is 0 Å². The Morgan fingerprint density at radius 3 is 2.42 bits per heavy atom. The summed E-state index contributed by atoms with van der Waals surface area (Å²) >= 11 is 0. The van der Waals surface area contributed by atoms with E-state index in [2.05, 4.69) is 10.2 Å². The van der Waals surface area contributed by atoms with Gasteiger partial charge in [-0.1, -0.05) is 13.3 Å². The predicted octanol–water partition coefficient (Wildman–Crippen LogP) is -0.130. The van der Waals surface area contributed by atoms with Gasteiger partial charge in [-0.05, 0) is 13.5 Å². The number of carbonyl (C=O) groups excluding carboxylic acids is 1. The number of nitrogens with zero attached hydrogens (tertiary/aromatic N) is 2. The van der Waals surface area contributed by atoms with Gasteiger partial charge in [-0.2, -0.15) is 4.31 Å². The van der Waals surface area contributed by atoms with Gasteiger partial charge in [-0.25, -0.2) is 8.42 Å². The maximum absolute atomic E-state index is 12.0. The molecule has 1 rings (SSSR count). The number of unbranched alkanes of at least 4 members (excludes halogenated alkanes) is 1. The van der Waals surface area contributed by atoms with Crippen LogP contribution in [0.2, 0.25) is 0 Å². The topological polar surface area (TPSA) is 69.7 Å². The number of carbonyl (C=O) groups is 1. The van der Waals surface area contributed by atoms with Gasteiger partial charge in [0, 0.05) is 39.1 Å².